The molecule has 2 aliphatic carbocycles. The summed E-state index contributed by atoms with van der Waals surface area (Å²) in [6.45, 7) is 2.65. The molecule has 2 fully saturated rings. The summed E-state index contributed by atoms with van der Waals surface area (Å²) in [6, 6.07) is 9.70. The van der Waals surface area contributed by atoms with E-state index in [2.05, 4.69) is 5.32 Å². The van der Waals surface area contributed by atoms with Crippen molar-refractivity contribution in [1.82, 2.24) is 14.7 Å². The molecular formula is C28H37N3O6. The summed E-state index contributed by atoms with van der Waals surface area (Å²) in [5.41, 5.74) is 2.12. The molecule has 2 saturated carbocycles. The van der Waals surface area contributed by atoms with Crippen molar-refractivity contribution in [2.75, 3.05) is 26.4 Å². The number of rotatable bonds is 10. The fourth-order valence-corrected chi connectivity index (χ4v) is 6.20. The van der Waals surface area contributed by atoms with Gasteiger partial charge in [0.15, 0.2) is 5.76 Å². The quantitative estimate of drug-likeness (QED) is 0.475. The number of carbonyl (C=O) groups is 1. The molecule has 9 nitrogen and oxygen atoms in total. The van der Waals surface area contributed by atoms with Crippen molar-refractivity contribution in [3.05, 3.63) is 63.8 Å². The van der Waals surface area contributed by atoms with E-state index >= 15 is 0 Å². The average molecular weight is 512 g/mol. The first-order chi connectivity index (χ1) is 18.0. The summed E-state index contributed by atoms with van der Waals surface area (Å²) in [7, 11) is 1.87. The molecule has 3 aliphatic rings. The molecule has 1 aromatic carbocycles. The Balaban J connectivity index is 1.40. The normalized spacial score (nSPS) is 26.7. The van der Waals surface area contributed by atoms with Crippen molar-refractivity contribution in [1.29, 1.82) is 0 Å². The van der Waals surface area contributed by atoms with Gasteiger partial charge in [-0.15, -0.1) is 0 Å². The van der Waals surface area contributed by atoms with Gasteiger partial charge in [0.1, 0.15) is 0 Å². The number of hydrogen-bond acceptors (Lipinski definition) is 6. The summed E-state index contributed by atoms with van der Waals surface area (Å²) < 4.78 is 20.7. The van der Waals surface area contributed by atoms with E-state index in [4.69, 9.17) is 19.3 Å². The van der Waals surface area contributed by atoms with Crippen LogP contribution >= 0.6 is 0 Å². The van der Waals surface area contributed by atoms with Gasteiger partial charge in [-0.25, -0.2) is 4.68 Å². The van der Waals surface area contributed by atoms with Gasteiger partial charge in [0.25, 0.3) is 11.5 Å². The van der Waals surface area contributed by atoms with Gasteiger partial charge in [-0.05, 0) is 56.2 Å². The summed E-state index contributed by atoms with van der Waals surface area (Å²) in [6.07, 6.45) is 6.12. The van der Waals surface area contributed by atoms with E-state index in [-0.39, 0.29) is 49.0 Å². The topological polar surface area (TPSA) is 104 Å². The van der Waals surface area contributed by atoms with E-state index in [1.54, 1.807) is 10.8 Å². The largest absolute Gasteiger partial charge is 0.459 e. The number of fused-ring (bicyclic) bond motifs is 2. The van der Waals surface area contributed by atoms with E-state index in [1.807, 2.05) is 49.0 Å². The van der Waals surface area contributed by atoms with Gasteiger partial charge in [-0.3, -0.25) is 14.3 Å². The highest BCUT2D eigenvalue weighted by molar-refractivity contribution is 5.92. The summed E-state index contributed by atoms with van der Waals surface area (Å²) in [4.78, 5) is 27.0. The second-order valence-corrected chi connectivity index (χ2v) is 10.4. The Morgan fingerprint density at radius 3 is 2.65 bits per heavy atom. The molecule has 9 heteroatoms. The highest BCUT2D eigenvalue weighted by Gasteiger charge is 2.41. The molecule has 0 radical (unpaired) electrons. The number of nitrogens with zero attached hydrogens (tertiary/aromatic N) is 2. The fraction of sp³-hybridized carbons (Fsp3) is 0.571. The second-order valence-electron chi connectivity index (χ2n) is 10.4. The van der Waals surface area contributed by atoms with E-state index in [0.29, 0.717) is 30.4 Å². The minimum atomic E-state index is -0.697. The molecule has 5 atom stereocenters. The molecule has 1 aliphatic heterocycles. The first-order valence-corrected chi connectivity index (χ1v) is 13.3. The SMILES string of the molecule is Cc1c([C@@H]2C=C(C(=O)NC3CC4CCC3C4)O[C@H](OCCOCCO)C2)c(=O)n(-c2ccccc2)n1C. The number of aromatic nitrogens is 2. The number of aliphatic hydroxyl groups is 1. The minimum Gasteiger partial charge on any atom is -0.459 e. The molecule has 2 bridgehead atoms. The molecule has 3 unspecified atom stereocenters. The van der Waals surface area contributed by atoms with Crippen LogP contribution in [0.15, 0.2) is 47.0 Å². The third-order valence-corrected chi connectivity index (χ3v) is 8.07. The van der Waals surface area contributed by atoms with Crippen molar-refractivity contribution >= 4 is 5.91 Å². The molecule has 1 amide bonds. The number of carbonyl (C=O) groups excluding carboxylic acids is 1. The van der Waals surface area contributed by atoms with E-state index in [0.717, 1.165) is 17.8 Å². The Labute approximate surface area is 217 Å². The van der Waals surface area contributed by atoms with Crippen LogP contribution in [-0.4, -0.2) is 59.1 Å². The Bertz CT molecular complexity index is 1190. The average Bonchev–Trinajstić information content (AvgIpc) is 3.58. The maximum Gasteiger partial charge on any atom is 0.286 e. The summed E-state index contributed by atoms with van der Waals surface area (Å²) in [5.74, 6) is 0.863. The number of ether oxygens (including phenoxy) is 3. The van der Waals surface area contributed by atoms with Crippen LogP contribution in [0.3, 0.4) is 0 Å². The van der Waals surface area contributed by atoms with Gasteiger partial charge >= 0.3 is 0 Å². The molecular weight excluding hydrogens is 474 g/mol. The lowest BCUT2D eigenvalue weighted by Gasteiger charge is -2.30. The maximum atomic E-state index is 13.7. The first-order valence-electron chi connectivity index (χ1n) is 13.3. The molecule has 5 rings (SSSR count). The van der Waals surface area contributed by atoms with Gasteiger partial charge in [0.2, 0.25) is 6.29 Å². The highest BCUT2D eigenvalue weighted by Crippen LogP contribution is 2.44. The van der Waals surface area contributed by atoms with Crippen LogP contribution in [0.1, 0.15) is 49.3 Å². The molecule has 2 N–H and O–H groups in total. The molecule has 37 heavy (non-hydrogen) atoms. The van der Waals surface area contributed by atoms with Crippen LogP contribution < -0.4 is 10.9 Å². The van der Waals surface area contributed by atoms with Gasteiger partial charge in [0.05, 0.1) is 32.1 Å². The zero-order chi connectivity index (χ0) is 25.9. The predicted octanol–water partition coefficient (Wildman–Crippen LogP) is 2.53. The maximum absolute atomic E-state index is 13.7. The second kappa shape index (κ2) is 11.2. The first kappa shape index (κ1) is 25.8. The van der Waals surface area contributed by atoms with Crippen LogP contribution in [0.25, 0.3) is 5.69 Å². The van der Waals surface area contributed by atoms with Crippen molar-refractivity contribution < 1.29 is 24.1 Å². The standard InChI is InChI=1S/C28H37N3O6/c1-18-26(28(34)31(30(18)2)22-6-4-3-5-7-22)21-16-24(37-25(17-21)36-13-12-35-11-10-32)27(33)29-23-15-19-8-9-20(23)14-19/h3-7,16,19-21,23,25,32H,8-15,17H2,1-2H3,(H,29,33)/t19?,20?,21-,23?,25+/m1/s1. The van der Waals surface area contributed by atoms with Gasteiger partial charge in [-0.1, -0.05) is 24.6 Å². The van der Waals surface area contributed by atoms with Gasteiger partial charge < -0.3 is 24.6 Å². The number of para-hydroxylation sites is 1. The lowest BCUT2D eigenvalue weighted by molar-refractivity contribution is -0.151. The zero-order valence-corrected chi connectivity index (χ0v) is 21.6. The molecule has 200 valence electrons. The lowest BCUT2D eigenvalue weighted by atomic mass is 9.92. The van der Waals surface area contributed by atoms with Crippen molar-refractivity contribution in [2.45, 2.75) is 57.3 Å². The number of aliphatic hydroxyl groups excluding tert-OH is 1. The number of nitrogens with one attached hydrogen (secondary N) is 1. The highest BCUT2D eigenvalue weighted by atomic mass is 16.7. The van der Waals surface area contributed by atoms with E-state index in [9.17, 15) is 9.59 Å². The van der Waals surface area contributed by atoms with E-state index in [1.165, 1.54) is 19.3 Å². The Kier molecular flexibility index (Phi) is 7.83. The number of amides is 1. The van der Waals surface area contributed by atoms with Crippen LogP contribution in [0.2, 0.25) is 0 Å². The van der Waals surface area contributed by atoms with E-state index < -0.39 is 6.29 Å². The van der Waals surface area contributed by atoms with Gasteiger partial charge in [0, 0.05) is 36.7 Å². The van der Waals surface area contributed by atoms with Crippen LogP contribution in [0.4, 0.5) is 0 Å². The van der Waals surface area contributed by atoms with Crippen LogP contribution in [-0.2, 0) is 26.1 Å². The monoisotopic (exact) mass is 511 g/mol. The molecule has 1 aromatic heterocycles. The summed E-state index contributed by atoms with van der Waals surface area (Å²) in [5, 5.41) is 12.1. The molecule has 2 heterocycles. The minimum absolute atomic E-state index is 0.0565. The number of allylic oxidation sites excluding steroid dienone is 1. The number of benzene rings is 1. The lowest BCUT2D eigenvalue weighted by Crippen LogP contribution is -2.41. The summed E-state index contributed by atoms with van der Waals surface area (Å²) >= 11 is 0. The Morgan fingerprint density at radius 1 is 1.14 bits per heavy atom. The number of hydrogen-bond donors (Lipinski definition) is 2. The van der Waals surface area contributed by atoms with Crippen LogP contribution in [0.5, 0.6) is 0 Å². The van der Waals surface area contributed by atoms with Crippen LogP contribution in [0, 0.1) is 18.8 Å². The Morgan fingerprint density at radius 2 is 1.95 bits per heavy atom. The molecule has 0 saturated heterocycles. The van der Waals surface area contributed by atoms with Crippen molar-refractivity contribution in [2.24, 2.45) is 18.9 Å². The fourth-order valence-electron chi connectivity index (χ4n) is 6.20. The molecule has 0 spiro atoms. The van der Waals surface area contributed by atoms with Crippen molar-refractivity contribution in [3.8, 4) is 5.69 Å². The zero-order valence-electron chi connectivity index (χ0n) is 21.6. The third-order valence-electron chi connectivity index (χ3n) is 8.07. The predicted molar refractivity (Wildman–Crippen MR) is 137 cm³/mol. The Hall–Kier alpha value is -2.88. The van der Waals surface area contributed by atoms with Gasteiger partial charge in [-0.2, -0.15) is 0 Å². The molecule has 2 aromatic rings. The smallest absolute Gasteiger partial charge is 0.286 e. The third kappa shape index (κ3) is 5.39. The van der Waals surface area contributed by atoms with Crippen molar-refractivity contribution in [3.63, 3.8) is 0 Å².